The fourth-order valence-electron chi connectivity index (χ4n) is 3.40. The van der Waals surface area contributed by atoms with E-state index in [2.05, 4.69) is 24.8 Å². The first-order valence-corrected chi connectivity index (χ1v) is 11.1. The molecule has 15 heteroatoms. The summed E-state index contributed by atoms with van der Waals surface area (Å²) in [6, 6.07) is 6.75. The number of amides is 1. The summed E-state index contributed by atoms with van der Waals surface area (Å²) in [7, 11) is -5.08. The van der Waals surface area contributed by atoms with Crippen molar-refractivity contribution in [2.45, 2.75) is 31.5 Å². The number of H-pyrrole nitrogens is 1. The second-order valence-corrected chi connectivity index (χ2v) is 8.57. The molecule has 1 saturated heterocycles. The molecular formula is C18H19N5O9P-. The highest BCUT2D eigenvalue weighted by Crippen LogP contribution is 2.35. The number of imidazole rings is 1. The maximum absolute atomic E-state index is 12.5. The number of anilines is 1. The Balaban J connectivity index is 1.62. The third-order valence-electron chi connectivity index (χ3n) is 4.96. The number of aryl methyl sites for hydroxylation is 1. The largest absolute Gasteiger partial charge is 0.756 e. The average molecular weight is 480 g/mol. The first-order chi connectivity index (χ1) is 15.5. The molecule has 0 bridgehead atoms. The minimum absolute atomic E-state index is 0.0761. The molecule has 0 radical (unpaired) electrons. The van der Waals surface area contributed by atoms with Crippen LogP contribution >= 0.6 is 7.82 Å². The lowest BCUT2D eigenvalue weighted by atomic mass is 10.1. The lowest BCUT2D eigenvalue weighted by molar-refractivity contribution is -0.222. The number of aliphatic hydroxyl groups is 2. The molecular weight excluding hydrogens is 461 g/mol. The lowest BCUT2D eigenvalue weighted by Gasteiger charge is -2.20. The van der Waals surface area contributed by atoms with Gasteiger partial charge in [-0.1, -0.05) is 17.7 Å². The van der Waals surface area contributed by atoms with Crippen LogP contribution in [0.4, 0.5) is 5.95 Å². The molecule has 1 aliphatic heterocycles. The van der Waals surface area contributed by atoms with Gasteiger partial charge in [0.2, 0.25) is 5.95 Å². The van der Waals surface area contributed by atoms with Gasteiger partial charge in [0, 0.05) is 5.56 Å². The summed E-state index contributed by atoms with van der Waals surface area (Å²) in [5.74, 6) is -0.718. The normalized spacial score (nSPS) is 24.6. The van der Waals surface area contributed by atoms with Crippen molar-refractivity contribution >= 4 is 30.8 Å². The first kappa shape index (κ1) is 23.2. The van der Waals surface area contributed by atoms with E-state index in [0.717, 1.165) is 16.5 Å². The van der Waals surface area contributed by atoms with Crippen LogP contribution in [0.15, 0.2) is 35.4 Å². The maximum Gasteiger partial charge on any atom is 0.280 e. The predicted octanol–water partition coefficient (Wildman–Crippen LogP) is -1.22. The Labute approximate surface area is 185 Å². The van der Waals surface area contributed by atoms with Crippen molar-refractivity contribution in [1.82, 2.24) is 19.5 Å². The Morgan fingerprint density at radius 2 is 2.15 bits per heavy atom. The van der Waals surface area contributed by atoms with Crippen LogP contribution < -0.4 is 15.8 Å². The van der Waals surface area contributed by atoms with Crippen LogP contribution in [0.5, 0.6) is 0 Å². The molecule has 0 saturated carbocycles. The Morgan fingerprint density at radius 1 is 1.39 bits per heavy atom. The third kappa shape index (κ3) is 4.86. The quantitative estimate of drug-likeness (QED) is 0.264. The summed E-state index contributed by atoms with van der Waals surface area (Å²) in [6.45, 7) is 1.06. The number of nitrogens with one attached hydrogen (secondary N) is 2. The van der Waals surface area contributed by atoms with Gasteiger partial charge in [-0.05, 0) is 19.1 Å². The highest BCUT2D eigenvalue weighted by atomic mass is 31.2. The van der Waals surface area contributed by atoms with Gasteiger partial charge in [0.25, 0.3) is 19.3 Å². The second-order valence-electron chi connectivity index (χ2n) is 7.37. The van der Waals surface area contributed by atoms with Crippen LogP contribution in [-0.2, 0) is 13.8 Å². The summed E-state index contributed by atoms with van der Waals surface area (Å²) in [5.41, 5.74) is 0.308. The number of hydrogen-bond donors (Lipinski definition) is 5. The smallest absolute Gasteiger partial charge is 0.280 e. The van der Waals surface area contributed by atoms with Crippen LogP contribution in [0.3, 0.4) is 0 Å². The molecule has 176 valence electrons. The Kier molecular flexibility index (Phi) is 6.16. The standard InChI is InChI=1S/C18H20N5O9P/c1-8-3-2-4-9(5-8)15(26)21-18-20-14-11(16(27)22-18)19-7-23(14)17-13(25)12(24)10(32-17)6-31-33(28,29)30/h2-5,7,10,12-13,17,24-25H,6H2,1H3,(H2,28,29,30)(H2,20,21,22,26,27)/p-1/t10-,12-,13-,17-/m1/s1. The van der Waals surface area contributed by atoms with Crippen LogP contribution in [0, 0.1) is 6.92 Å². The molecule has 1 unspecified atom stereocenters. The van der Waals surface area contributed by atoms with Gasteiger partial charge in [0.15, 0.2) is 17.4 Å². The van der Waals surface area contributed by atoms with E-state index in [4.69, 9.17) is 9.63 Å². The average Bonchev–Trinajstić information content (AvgIpc) is 3.28. The van der Waals surface area contributed by atoms with Gasteiger partial charge in [-0.15, -0.1) is 0 Å². The topological polar surface area (TPSA) is 212 Å². The number of aromatic amines is 1. The van der Waals surface area contributed by atoms with Crippen molar-refractivity contribution in [2.24, 2.45) is 0 Å². The van der Waals surface area contributed by atoms with Gasteiger partial charge < -0.3 is 29.3 Å². The monoisotopic (exact) mass is 480 g/mol. The summed E-state index contributed by atoms with van der Waals surface area (Å²) < 4.78 is 21.7. The summed E-state index contributed by atoms with van der Waals surface area (Å²) in [4.78, 5) is 55.0. The number of rotatable bonds is 6. The number of carbonyl (C=O) groups is 1. The zero-order valence-electron chi connectivity index (χ0n) is 17.0. The zero-order chi connectivity index (χ0) is 23.9. The molecule has 3 heterocycles. The molecule has 3 aromatic rings. The van der Waals surface area contributed by atoms with Crippen molar-refractivity contribution in [1.29, 1.82) is 0 Å². The molecule has 1 amide bonds. The van der Waals surface area contributed by atoms with Crippen LogP contribution in [-0.4, -0.2) is 65.5 Å². The van der Waals surface area contributed by atoms with E-state index in [1.807, 2.05) is 13.0 Å². The van der Waals surface area contributed by atoms with Gasteiger partial charge in [-0.3, -0.25) is 29.0 Å². The van der Waals surface area contributed by atoms with Gasteiger partial charge >= 0.3 is 0 Å². The van der Waals surface area contributed by atoms with Gasteiger partial charge in [-0.2, -0.15) is 4.98 Å². The second kappa shape index (κ2) is 8.76. The number of phosphoric ester groups is 1. The number of ether oxygens (including phenoxy) is 1. The summed E-state index contributed by atoms with van der Waals surface area (Å²) in [6.07, 6.45) is -4.67. The third-order valence-corrected chi connectivity index (χ3v) is 5.43. The highest BCUT2D eigenvalue weighted by Gasteiger charge is 2.44. The number of carbonyl (C=O) groups excluding carboxylic acids is 1. The van der Waals surface area contributed by atoms with Crippen molar-refractivity contribution in [3.8, 4) is 0 Å². The lowest BCUT2D eigenvalue weighted by Crippen LogP contribution is -2.34. The number of fused-ring (bicyclic) bond motifs is 1. The predicted molar refractivity (Wildman–Crippen MR) is 109 cm³/mol. The zero-order valence-corrected chi connectivity index (χ0v) is 17.9. The van der Waals surface area contributed by atoms with Gasteiger partial charge in [0.1, 0.15) is 18.3 Å². The Hall–Kier alpha value is -2.97. The molecule has 2 aromatic heterocycles. The van der Waals surface area contributed by atoms with Crippen molar-refractivity contribution < 1.29 is 38.6 Å². The molecule has 0 aliphatic carbocycles. The van der Waals surface area contributed by atoms with E-state index in [0.29, 0.717) is 5.56 Å². The fraction of sp³-hybridized carbons (Fsp3) is 0.333. The van der Waals surface area contributed by atoms with E-state index in [1.54, 1.807) is 18.2 Å². The number of benzene rings is 1. The van der Waals surface area contributed by atoms with E-state index in [9.17, 15) is 29.3 Å². The minimum atomic E-state index is -5.08. The fourth-order valence-corrected chi connectivity index (χ4v) is 3.74. The molecule has 5 N–H and O–H groups in total. The molecule has 33 heavy (non-hydrogen) atoms. The van der Waals surface area contributed by atoms with Crippen molar-refractivity contribution in [3.05, 3.63) is 52.1 Å². The molecule has 1 aromatic carbocycles. The number of hydrogen-bond acceptors (Lipinski definition) is 10. The molecule has 5 atom stereocenters. The first-order valence-electron chi connectivity index (χ1n) is 9.58. The van der Waals surface area contributed by atoms with E-state index >= 15 is 0 Å². The Morgan fingerprint density at radius 3 is 2.85 bits per heavy atom. The number of nitrogens with zero attached hydrogens (tertiary/aromatic N) is 3. The van der Waals surface area contributed by atoms with Crippen LogP contribution in [0.2, 0.25) is 0 Å². The molecule has 14 nitrogen and oxygen atoms in total. The highest BCUT2D eigenvalue weighted by molar-refractivity contribution is 7.44. The van der Waals surface area contributed by atoms with Crippen molar-refractivity contribution in [2.75, 3.05) is 11.9 Å². The summed E-state index contributed by atoms with van der Waals surface area (Å²) in [5, 5.41) is 23.0. The molecule has 1 fully saturated rings. The Bertz CT molecular complexity index is 1300. The van der Waals surface area contributed by atoms with E-state index in [-0.39, 0.29) is 17.1 Å². The number of phosphoric acid groups is 1. The SMILES string of the molecule is Cc1cccc(C(=O)Nc2nc3c(ncn3[C@@H]3O[C@H](COP(=O)([O-])O)[C@@H](O)[C@H]3O)c(=O)[nH]2)c1. The van der Waals surface area contributed by atoms with E-state index < -0.39 is 50.4 Å². The summed E-state index contributed by atoms with van der Waals surface area (Å²) >= 11 is 0. The minimum Gasteiger partial charge on any atom is -0.756 e. The van der Waals surface area contributed by atoms with Gasteiger partial charge in [-0.25, -0.2) is 4.98 Å². The van der Waals surface area contributed by atoms with Gasteiger partial charge in [0.05, 0.1) is 12.9 Å². The maximum atomic E-state index is 12.5. The van der Waals surface area contributed by atoms with Crippen LogP contribution in [0.1, 0.15) is 22.1 Å². The molecule has 0 spiro atoms. The molecule has 1 aliphatic rings. The van der Waals surface area contributed by atoms with Crippen molar-refractivity contribution in [3.63, 3.8) is 0 Å². The van der Waals surface area contributed by atoms with E-state index in [1.165, 1.54) is 0 Å². The molecule has 4 rings (SSSR count). The number of aliphatic hydroxyl groups excluding tert-OH is 2. The number of aromatic nitrogens is 4. The van der Waals surface area contributed by atoms with Crippen LogP contribution in [0.25, 0.3) is 11.2 Å².